The second-order valence-electron chi connectivity index (χ2n) is 3.87. The molecule has 0 spiro atoms. The molecule has 0 amide bonds. The highest BCUT2D eigenvalue weighted by Crippen LogP contribution is 2.07. The van der Waals surface area contributed by atoms with Crippen molar-refractivity contribution < 1.29 is 0 Å². The van der Waals surface area contributed by atoms with E-state index in [1.54, 1.807) is 12.4 Å². The molecule has 18 heavy (non-hydrogen) atoms. The number of benzene rings is 1. The normalized spacial score (nSPS) is 11.1. The molecule has 1 aromatic heterocycles. The number of hydrogen-bond donors (Lipinski definition) is 0. The summed E-state index contributed by atoms with van der Waals surface area (Å²) in [6.07, 6.45) is 13.6. The molecule has 0 saturated heterocycles. The van der Waals surface area contributed by atoms with Gasteiger partial charge in [0.1, 0.15) is 0 Å². The van der Waals surface area contributed by atoms with Crippen LogP contribution in [0.3, 0.4) is 0 Å². The Kier molecular flexibility index (Phi) is 4.26. The summed E-state index contributed by atoms with van der Waals surface area (Å²) in [5.41, 5.74) is 3.47. The number of allylic oxidation sites excluding steroid dienone is 2. The van der Waals surface area contributed by atoms with Crippen LogP contribution < -0.4 is 0 Å². The van der Waals surface area contributed by atoms with Crippen molar-refractivity contribution in [3.05, 3.63) is 84.2 Å². The van der Waals surface area contributed by atoms with Crippen LogP contribution in [0.2, 0.25) is 0 Å². The van der Waals surface area contributed by atoms with Crippen molar-refractivity contribution in [3.8, 4) is 0 Å². The van der Waals surface area contributed by atoms with Gasteiger partial charge in [-0.1, -0.05) is 61.2 Å². The van der Waals surface area contributed by atoms with Gasteiger partial charge in [-0.05, 0) is 28.8 Å². The minimum Gasteiger partial charge on any atom is -0.265 e. The first-order valence-electron chi connectivity index (χ1n) is 5.86. The van der Waals surface area contributed by atoms with Gasteiger partial charge in [-0.25, -0.2) is 0 Å². The fourth-order valence-corrected chi connectivity index (χ4v) is 1.55. The third-order valence-corrected chi connectivity index (χ3v) is 2.57. The van der Waals surface area contributed by atoms with Gasteiger partial charge in [-0.15, -0.1) is 0 Å². The molecule has 0 fully saturated rings. The van der Waals surface area contributed by atoms with Crippen LogP contribution in [0.5, 0.6) is 0 Å². The molecule has 1 heterocycles. The molecule has 1 nitrogen and oxygen atoms in total. The molecule has 0 atom stereocenters. The second-order valence-corrected chi connectivity index (χ2v) is 3.87. The lowest BCUT2D eigenvalue weighted by Crippen LogP contribution is -1.73. The molecular formula is C17H15N. The molecule has 1 aromatic carbocycles. The zero-order valence-corrected chi connectivity index (χ0v) is 10.2. The highest BCUT2D eigenvalue weighted by atomic mass is 14.6. The molecule has 0 unspecified atom stereocenters. The Morgan fingerprint density at radius 2 is 1.22 bits per heavy atom. The van der Waals surface area contributed by atoms with E-state index in [1.807, 2.05) is 30.4 Å². The monoisotopic (exact) mass is 233 g/mol. The summed E-state index contributed by atoms with van der Waals surface area (Å²) in [5, 5.41) is 0. The Hall–Kier alpha value is -2.41. The minimum atomic E-state index is 1.14. The summed E-state index contributed by atoms with van der Waals surface area (Å²) < 4.78 is 0. The van der Waals surface area contributed by atoms with Crippen LogP contribution in [-0.2, 0) is 0 Å². The van der Waals surface area contributed by atoms with E-state index in [4.69, 9.17) is 0 Å². The largest absolute Gasteiger partial charge is 0.265 e. The Bertz CT molecular complexity index is 548. The molecule has 0 saturated carbocycles. The third-order valence-electron chi connectivity index (χ3n) is 2.57. The molecular weight excluding hydrogens is 218 g/mol. The predicted molar refractivity (Wildman–Crippen MR) is 78.8 cm³/mol. The van der Waals surface area contributed by atoms with Crippen molar-refractivity contribution in [3.63, 3.8) is 0 Å². The summed E-state index contributed by atoms with van der Waals surface area (Å²) in [4.78, 5) is 3.98. The van der Waals surface area contributed by atoms with E-state index in [1.165, 1.54) is 5.56 Å². The molecule has 0 radical (unpaired) electrons. The number of nitrogens with zero attached hydrogens (tertiary/aromatic N) is 1. The van der Waals surface area contributed by atoms with Crippen molar-refractivity contribution in [1.29, 1.82) is 0 Å². The standard InChI is InChI=1S/C17H15N/c1-2-15-7-9-16(10-8-15)5-3-4-6-17-11-13-18-14-12-17/h2-14H,1H2. The maximum absolute atomic E-state index is 3.98. The van der Waals surface area contributed by atoms with Crippen LogP contribution in [0.15, 0.2) is 67.5 Å². The van der Waals surface area contributed by atoms with Crippen LogP contribution in [0.1, 0.15) is 16.7 Å². The molecule has 2 rings (SSSR count). The average molecular weight is 233 g/mol. The highest BCUT2D eigenvalue weighted by Gasteiger charge is 1.86. The summed E-state index contributed by atoms with van der Waals surface area (Å²) >= 11 is 0. The molecule has 0 aliphatic carbocycles. The van der Waals surface area contributed by atoms with Gasteiger partial charge in [0.05, 0.1) is 0 Å². The Morgan fingerprint density at radius 3 is 1.78 bits per heavy atom. The van der Waals surface area contributed by atoms with Crippen LogP contribution in [-0.4, -0.2) is 4.98 Å². The maximum atomic E-state index is 3.98. The lowest BCUT2D eigenvalue weighted by atomic mass is 10.1. The molecule has 88 valence electrons. The van der Waals surface area contributed by atoms with E-state index in [2.05, 4.69) is 48.0 Å². The summed E-state index contributed by atoms with van der Waals surface area (Å²) in [5.74, 6) is 0. The number of rotatable bonds is 4. The molecule has 0 N–H and O–H groups in total. The van der Waals surface area contributed by atoms with Crippen LogP contribution in [0.25, 0.3) is 18.2 Å². The highest BCUT2D eigenvalue weighted by molar-refractivity contribution is 5.58. The zero-order valence-electron chi connectivity index (χ0n) is 10.2. The van der Waals surface area contributed by atoms with Crippen molar-refractivity contribution in [2.45, 2.75) is 0 Å². The van der Waals surface area contributed by atoms with E-state index >= 15 is 0 Å². The van der Waals surface area contributed by atoms with E-state index in [9.17, 15) is 0 Å². The van der Waals surface area contributed by atoms with E-state index in [0.29, 0.717) is 0 Å². The van der Waals surface area contributed by atoms with Gasteiger partial charge in [0, 0.05) is 12.4 Å². The van der Waals surface area contributed by atoms with Crippen LogP contribution >= 0.6 is 0 Å². The summed E-state index contributed by atoms with van der Waals surface area (Å²) in [6.45, 7) is 3.74. The van der Waals surface area contributed by atoms with E-state index < -0.39 is 0 Å². The zero-order chi connectivity index (χ0) is 12.6. The number of aromatic nitrogens is 1. The van der Waals surface area contributed by atoms with Crippen LogP contribution in [0.4, 0.5) is 0 Å². The molecule has 0 aliphatic rings. The maximum Gasteiger partial charge on any atom is 0.0273 e. The Balaban J connectivity index is 1.98. The SMILES string of the molecule is C=Cc1ccc(C=CC=Cc2ccncc2)cc1. The number of pyridine rings is 1. The predicted octanol–water partition coefficient (Wildman–Crippen LogP) is 4.45. The quantitative estimate of drug-likeness (QED) is 0.711. The lowest BCUT2D eigenvalue weighted by molar-refractivity contribution is 1.32. The smallest absolute Gasteiger partial charge is 0.0273 e. The second kappa shape index (κ2) is 6.36. The summed E-state index contributed by atoms with van der Waals surface area (Å²) in [7, 11) is 0. The molecule has 2 aromatic rings. The minimum absolute atomic E-state index is 1.14. The first-order chi connectivity index (χ1) is 8.88. The number of hydrogen-bond acceptors (Lipinski definition) is 1. The van der Waals surface area contributed by atoms with Crippen LogP contribution in [0, 0.1) is 0 Å². The van der Waals surface area contributed by atoms with Gasteiger partial charge >= 0.3 is 0 Å². The topological polar surface area (TPSA) is 12.9 Å². The fraction of sp³-hybridized carbons (Fsp3) is 0. The van der Waals surface area contributed by atoms with Gasteiger partial charge < -0.3 is 0 Å². The van der Waals surface area contributed by atoms with Gasteiger partial charge in [-0.3, -0.25) is 4.98 Å². The van der Waals surface area contributed by atoms with E-state index in [-0.39, 0.29) is 0 Å². The van der Waals surface area contributed by atoms with Gasteiger partial charge in [-0.2, -0.15) is 0 Å². The molecule has 0 aliphatic heterocycles. The third kappa shape index (κ3) is 3.56. The fourth-order valence-electron chi connectivity index (χ4n) is 1.55. The van der Waals surface area contributed by atoms with Crippen molar-refractivity contribution >= 4 is 18.2 Å². The average Bonchev–Trinajstić information content (AvgIpc) is 2.45. The Morgan fingerprint density at radius 1 is 0.722 bits per heavy atom. The van der Waals surface area contributed by atoms with Crippen molar-refractivity contribution in [1.82, 2.24) is 4.98 Å². The summed E-state index contributed by atoms with van der Waals surface area (Å²) in [6, 6.07) is 12.2. The van der Waals surface area contributed by atoms with Gasteiger partial charge in [0.25, 0.3) is 0 Å². The Labute approximate surface area is 108 Å². The van der Waals surface area contributed by atoms with E-state index in [0.717, 1.165) is 11.1 Å². The van der Waals surface area contributed by atoms with Crippen molar-refractivity contribution in [2.24, 2.45) is 0 Å². The molecule has 0 bridgehead atoms. The van der Waals surface area contributed by atoms with Crippen molar-refractivity contribution in [2.75, 3.05) is 0 Å². The lowest BCUT2D eigenvalue weighted by Gasteiger charge is -1.94. The first kappa shape index (κ1) is 12.1. The molecule has 1 heteroatoms. The van der Waals surface area contributed by atoms with Gasteiger partial charge in [0.15, 0.2) is 0 Å². The first-order valence-corrected chi connectivity index (χ1v) is 5.86. The van der Waals surface area contributed by atoms with Gasteiger partial charge in [0.2, 0.25) is 0 Å².